The molecule has 3 aromatic rings. The number of benzene rings is 2. The molecule has 0 amide bonds. The topological polar surface area (TPSA) is 114 Å². The molecular formula is C19H16F4O7S. The van der Waals surface area contributed by atoms with Gasteiger partial charge in [-0.05, 0) is 55.8 Å². The largest absolute Gasteiger partial charge is 0.508 e. The molecule has 168 valence electrons. The number of ether oxygens (including phenoxy) is 1. The van der Waals surface area contributed by atoms with Gasteiger partial charge < -0.3 is 14.3 Å². The van der Waals surface area contributed by atoms with Gasteiger partial charge in [0.1, 0.15) is 17.1 Å². The first-order chi connectivity index (χ1) is 14.2. The van der Waals surface area contributed by atoms with Crippen molar-refractivity contribution >= 4 is 21.1 Å². The average molecular weight is 464 g/mol. The van der Waals surface area contributed by atoms with Crippen LogP contribution in [0.3, 0.4) is 0 Å². The highest BCUT2D eigenvalue weighted by Crippen LogP contribution is 2.28. The highest BCUT2D eigenvalue weighted by atomic mass is 32.2. The van der Waals surface area contributed by atoms with E-state index in [0.717, 1.165) is 35.2 Å². The van der Waals surface area contributed by atoms with Crippen molar-refractivity contribution in [1.29, 1.82) is 0 Å². The summed E-state index contributed by atoms with van der Waals surface area (Å²) < 4.78 is 86.8. The van der Waals surface area contributed by atoms with Crippen molar-refractivity contribution < 1.29 is 44.8 Å². The van der Waals surface area contributed by atoms with Gasteiger partial charge in [-0.25, -0.2) is 4.79 Å². The lowest BCUT2D eigenvalue weighted by Gasteiger charge is -2.16. The normalized spacial score (nSPS) is 11.9. The summed E-state index contributed by atoms with van der Waals surface area (Å²) in [6.07, 6.45) is -8.68. The average Bonchev–Trinajstić information content (AvgIpc) is 2.66. The second kappa shape index (κ2) is 8.94. The van der Waals surface area contributed by atoms with Crippen molar-refractivity contribution in [3.8, 4) is 11.5 Å². The number of phenols is 1. The summed E-state index contributed by atoms with van der Waals surface area (Å²) >= 11 is 0. The third-order valence-corrected chi connectivity index (χ3v) is 4.94. The van der Waals surface area contributed by atoms with Gasteiger partial charge in [-0.15, -0.1) is 0 Å². The molecule has 0 saturated heterocycles. The van der Waals surface area contributed by atoms with E-state index in [1.165, 1.54) is 6.07 Å². The van der Waals surface area contributed by atoms with Gasteiger partial charge in [-0.3, -0.25) is 4.55 Å². The zero-order valence-corrected chi connectivity index (χ0v) is 16.8. The third-order valence-electron chi connectivity index (χ3n) is 4.07. The Hall–Kier alpha value is -3.12. The van der Waals surface area contributed by atoms with E-state index < -0.39 is 33.3 Å². The van der Waals surface area contributed by atoms with Gasteiger partial charge in [-0.1, -0.05) is 0 Å². The Morgan fingerprint density at radius 2 is 1.61 bits per heavy atom. The Kier molecular flexibility index (Phi) is 6.96. The zero-order valence-electron chi connectivity index (χ0n) is 16.0. The van der Waals surface area contributed by atoms with E-state index in [4.69, 9.17) is 8.97 Å². The van der Waals surface area contributed by atoms with E-state index in [1.807, 2.05) is 6.92 Å². The predicted molar refractivity (Wildman–Crippen MR) is 101 cm³/mol. The molecule has 7 nitrogen and oxygen atoms in total. The number of halogens is 4. The molecule has 0 spiro atoms. The Morgan fingerprint density at radius 1 is 1.03 bits per heavy atom. The summed E-state index contributed by atoms with van der Waals surface area (Å²) in [5, 5.41) is 10.1. The maximum Gasteiger partial charge on any atom is 0.461 e. The highest BCUT2D eigenvalue weighted by molar-refractivity contribution is 7.85. The molecule has 31 heavy (non-hydrogen) atoms. The standard InChI is InChI=1S/C11H10O3.C8H6F4O4S/c1-6-7(2)11(13)14-10-5-8(12)3-4-9(6)10;9-7(10)8(11,12)16-5-1-3-6(4-2-5)17(13,14)15/h3-5,12H,1-2H3;1-4,7H,(H,13,14,15). The molecule has 0 aliphatic rings. The molecule has 0 saturated carbocycles. The van der Waals surface area contributed by atoms with Crippen molar-refractivity contribution in [2.75, 3.05) is 0 Å². The molecule has 0 bridgehead atoms. The number of aromatic hydroxyl groups is 1. The van der Waals surface area contributed by atoms with Crippen LogP contribution in [0.15, 0.2) is 56.6 Å². The minimum absolute atomic E-state index is 0.101. The molecule has 0 aliphatic heterocycles. The van der Waals surface area contributed by atoms with Crippen LogP contribution in [0, 0.1) is 13.8 Å². The van der Waals surface area contributed by atoms with Crippen molar-refractivity contribution in [2.24, 2.45) is 0 Å². The van der Waals surface area contributed by atoms with Crippen LogP contribution < -0.4 is 10.4 Å². The predicted octanol–water partition coefficient (Wildman–Crippen LogP) is 4.29. The minimum atomic E-state index is -4.67. The number of aryl methyl sites for hydroxylation is 1. The van der Waals surface area contributed by atoms with Crippen molar-refractivity contribution in [3.05, 3.63) is 64.0 Å². The van der Waals surface area contributed by atoms with Crippen molar-refractivity contribution in [1.82, 2.24) is 0 Å². The Bertz CT molecular complexity index is 1240. The van der Waals surface area contributed by atoms with Crippen LogP contribution in [0.5, 0.6) is 11.5 Å². The Morgan fingerprint density at radius 3 is 2.13 bits per heavy atom. The summed E-state index contributed by atoms with van der Waals surface area (Å²) in [5.74, 6) is -0.549. The van der Waals surface area contributed by atoms with Crippen LogP contribution >= 0.6 is 0 Å². The molecule has 1 heterocycles. The number of alkyl halides is 4. The molecule has 0 aliphatic carbocycles. The van der Waals surface area contributed by atoms with E-state index in [0.29, 0.717) is 11.1 Å². The first-order valence-electron chi connectivity index (χ1n) is 8.38. The third kappa shape index (κ3) is 5.95. The van der Waals surface area contributed by atoms with Gasteiger partial charge in [0.15, 0.2) is 0 Å². The van der Waals surface area contributed by atoms with Crippen LogP contribution in [-0.2, 0) is 10.1 Å². The van der Waals surface area contributed by atoms with Gasteiger partial charge in [-0.2, -0.15) is 26.0 Å². The fraction of sp³-hybridized carbons (Fsp3) is 0.211. The minimum Gasteiger partial charge on any atom is -0.508 e. The number of fused-ring (bicyclic) bond motifs is 1. The van der Waals surface area contributed by atoms with Gasteiger partial charge in [0.25, 0.3) is 10.1 Å². The molecule has 0 radical (unpaired) electrons. The first kappa shape index (κ1) is 24.2. The summed E-state index contributed by atoms with van der Waals surface area (Å²) in [6, 6.07) is 7.70. The first-order valence-corrected chi connectivity index (χ1v) is 9.82. The van der Waals surface area contributed by atoms with Crippen molar-refractivity contribution in [3.63, 3.8) is 0 Å². The van der Waals surface area contributed by atoms with Crippen LogP contribution in [-0.4, -0.2) is 30.6 Å². The molecule has 0 atom stereocenters. The van der Waals surface area contributed by atoms with Crippen LogP contribution in [0.25, 0.3) is 11.0 Å². The smallest absolute Gasteiger partial charge is 0.461 e. The molecule has 0 fully saturated rings. The van der Waals surface area contributed by atoms with Gasteiger partial charge in [0, 0.05) is 17.0 Å². The summed E-state index contributed by atoms with van der Waals surface area (Å²) in [5.41, 5.74) is 1.60. The second-order valence-corrected chi connectivity index (χ2v) is 7.65. The summed E-state index contributed by atoms with van der Waals surface area (Å²) in [6.45, 7) is 3.60. The van der Waals surface area contributed by atoms with Gasteiger partial charge in [0.2, 0.25) is 0 Å². The number of rotatable bonds is 4. The van der Waals surface area contributed by atoms with Gasteiger partial charge in [0.05, 0.1) is 4.90 Å². The quantitative estimate of drug-likeness (QED) is 0.336. The fourth-order valence-corrected chi connectivity index (χ4v) is 2.80. The highest BCUT2D eigenvalue weighted by Gasteiger charge is 2.43. The Labute approximate surface area is 173 Å². The lowest BCUT2D eigenvalue weighted by atomic mass is 10.1. The zero-order chi connectivity index (χ0) is 23.6. The van der Waals surface area contributed by atoms with E-state index in [1.54, 1.807) is 19.1 Å². The van der Waals surface area contributed by atoms with E-state index in [-0.39, 0.29) is 11.4 Å². The number of hydrogen-bond acceptors (Lipinski definition) is 6. The molecule has 2 N–H and O–H groups in total. The fourth-order valence-electron chi connectivity index (χ4n) is 2.32. The maximum atomic E-state index is 12.4. The van der Waals surface area contributed by atoms with Crippen molar-refractivity contribution in [2.45, 2.75) is 31.3 Å². The van der Waals surface area contributed by atoms with Crippen LogP contribution in [0.4, 0.5) is 17.6 Å². The molecule has 0 unspecified atom stereocenters. The Balaban J connectivity index is 0.000000224. The molecule has 2 aromatic carbocycles. The van der Waals surface area contributed by atoms with E-state index >= 15 is 0 Å². The lowest BCUT2D eigenvalue weighted by Crippen LogP contribution is -2.33. The monoisotopic (exact) mass is 464 g/mol. The number of hydrogen-bond donors (Lipinski definition) is 2. The second-order valence-electron chi connectivity index (χ2n) is 6.23. The SMILES string of the molecule is Cc1c(C)c2ccc(O)cc2oc1=O.O=S(=O)(O)c1ccc(OC(F)(F)C(F)F)cc1. The molecule has 1 aromatic heterocycles. The van der Waals surface area contributed by atoms with Crippen LogP contribution in [0.2, 0.25) is 0 Å². The van der Waals surface area contributed by atoms with Gasteiger partial charge >= 0.3 is 18.2 Å². The molecular weight excluding hydrogens is 448 g/mol. The lowest BCUT2D eigenvalue weighted by molar-refractivity contribution is -0.253. The summed E-state index contributed by atoms with van der Waals surface area (Å²) in [4.78, 5) is 10.8. The molecule has 3 rings (SSSR count). The van der Waals surface area contributed by atoms with E-state index in [9.17, 15) is 35.9 Å². The molecule has 12 heteroatoms. The summed E-state index contributed by atoms with van der Waals surface area (Å²) in [7, 11) is -4.47. The van der Waals surface area contributed by atoms with Crippen LogP contribution in [0.1, 0.15) is 11.1 Å². The van der Waals surface area contributed by atoms with E-state index in [2.05, 4.69) is 4.74 Å². The number of phenolic OH excluding ortho intramolecular Hbond substituents is 1. The maximum absolute atomic E-state index is 12.4.